The van der Waals surface area contributed by atoms with Gasteiger partial charge in [0.1, 0.15) is 6.04 Å². The molecule has 0 aromatic rings. The van der Waals surface area contributed by atoms with E-state index >= 15 is 0 Å². The molecule has 0 saturated carbocycles. The Hall–Kier alpha value is -1.18. The number of methoxy groups -OCH3 is 1. The van der Waals surface area contributed by atoms with Crippen LogP contribution in [0.3, 0.4) is 0 Å². The van der Waals surface area contributed by atoms with Crippen LogP contribution >= 0.6 is 0 Å². The number of carbonyl (C=O) groups excluding carboxylic acids is 1. The van der Waals surface area contributed by atoms with Crippen molar-refractivity contribution in [3.8, 4) is 0 Å². The maximum Gasteiger partial charge on any atom is 0.320 e. The number of unbranched alkanes of at least 4 members (excludes halogenated alkanes) is 1. The number of hydrogen-bond acceptors (Lipinski definition) is 5. The van der Waals surface area contributed by atoms with Crippen molar-refractivity contribution in [2.45, 2.75) is 38.1 Å². The summed E-state index contributed by atoms with van der Waals surface area (Å²) in [4.78, 5) is 21.9. The van der Waals surface area contributed by atoms with Gasteiger partial charge in [-0.05, 0) is 25.7 Å². The van der Waals surface area contributed by atoms with Crippen molar-refractivity contribution in [2.24, 2.45) is 5.73 Å². The second kappa shape index (κ2) is 12.8. The van der Waals surface area contributed by atoms with Gasteiger partial charge < -0.3 is 25.6 Å². The number of nitrogens with one attached hydrogen (secondary N) is 1. The number of nitrogens with two attached hydrogens (primary N) is 1. The number of carboxylic acids is 1. The molecule has 0 unspecified atom stereocenters. The van der Waals surface area contributed by atoms with E-state index in [1.165, 1.54) is 0 Å². The number of hydrogen-bond donors (Lipinski definition) is 3. The van der Waals surface area contributed by atoms with Crippen molar-refractivity contribution in [1.82, 2.24) is 5.32 Å². The lowest BCUT2D eigenvalue weighted by Gasteiger charge is -2.07. The average molecular weight is 290 g/mol. The van der Waals surface area contributed by atoms with Crippen molar-refractivity contribution in [1.29, 1.82) is 0 Å². The highest BCUT2D eigenvalue weighted by molar-refractivity contribution is 5.75. The zero-order valence-corrected chi connectivity index (χ0v) is 12.1. The molecule has 0 heterocycles. The van der Waals surface area contributed by atoms with Crippen LogP contribution in [0.4, 0.5) is 0 Å². The number of aliphatic carboxylic acids is 1. The molecule has 0 rings (SSSR count). The van der Waals surface area contributed by atoms with Crippen molar-refractivity contribution in [3.63, 3.8) is 0 Å². The molecule has 0 radical (unpaired) electrons. The van der Waals surface area contributed by atoms with Crippen LogP contribution in [0, 0.1) is 0 Å². The number of carboxylic acid groups (broad SMARTS) is 1. The second-order valence-electron chi connectivity index (χ2n) is 4.50. The van der Waals surface area contributed by atoms with E-state index in [9.17, 15) is 9.59 Å². The summed E-state index contributed by atoms with van der Waals surface area (Å²) in [6, 6.07) is -0.810. The van der Waals surface area contributed by atoms with E-state index in [4.69, 9.17) is 20.3 Å². The average Bonchev–Trinajstić information content (AvgIpc) is 2.41. The SMILES string of the molecule is COCCOCCCC(=O)NCCCC[C@H](N)C(=O)O. The quantitative estimate of drug-likeness (QED) is 0.416. The molecule has 118 valence electrons. The molecule has 0 fully saturated rings. The third-order valence-corrected chi connectivity index (χ3v) is 2.71. The molecule has 0 aliphatic heterocycles. The number of carbonyl (C=O) groups is 2. The minimum absolute atomic E-state index is 0.0112. The van der Waals surface area contributed by atoms with Gasteiger partial charge in [-0.25, -0.2) is 0 Å². The van der Waals surface area contributed by atoms with Crippen LogP contribution in [-0.4, -0.2) is 56.5 Å². The third kappa shape index (κ3) is 11.9. The largest absolute Gasteiger partial charge is 0.480 e. The Balaban J connectivity index is 3.30. The molecule has 0 aromatic carbocycles. The Kier molecular flexibility index (Phi) is 12.1. The number of amides is 1. The van der Waals surface area contributed by atoms with Gasteiger partial charge in [0.25, 0.3) is 0 Å². The van der Waals surface area contributed by atoms with Gasteiger partial charge in [0, 0.05) is 26.7 Å². The number of ether oxygens (including phenoxy) is 2. The molecule has 0 aliphatic carbocycles. The van der Waals surface area contributed by atoms with Gasteiger partial charge in [-0.1, -0.05) is 0 Å². The van der Waals surface area contributed by atoms with Gasteiger partial charge in [0.05, 0.1) is 13.2 Å². The maximum absolute atomic E-state index is 11.4. The van der Waals surface area contributed by atoms with Gasteiger partial charge in [-0.15, -0.1) is 0 Å². The summed E-state index contributed by atoms with van der Waals surface area (Å²) >= 11 is 0. The summed E-state index contributed by atoms with van der Waals surface area (Å²) in [5, 5.41) is 11.4. The van der Waals surface area contributed by atoms with Crippen molar-refractivity contribution < 1.29 is 24.2 Å². The Morgan fingerprint density at radius 3 is 2.60 bits per heavy atom. The highest BCUT2D eigenvalue weighted by Crippen LogP contribution is 1.98. The summed E-state index contributed by atoms with van der Waals surface area (Å²) in [6.45, 7) is 2.20. The first-order valence-electron chi connectivity index (χ1n) is 6.89. The molecule has 0 aromatic heterocycles. The summed E-state index contributed by atoms with van der Waals surface area (Å²) in [5.41, 5.74) is 5.36. The molecule has 0 aliphatic rings. The third-order valence-electron chi connectivity index (χ3n) is 2.71. The molecule has 0 saturated heterocycles. The first kappa shape index (κ1) is 18.8. The minimum Gasteiger partial charge on any atom is -0.480 e. The summed E-state index contributed by atoms with van der Waals surface area (Å²) in [7, 11) is 1.61. The molecule has 1 amide bonds. The van der Waals surface area contributed by atoms with E-state index in [-0.39, 0.29) is 5.91 Å². The van der Waals surface area contributed by atoms with Gasteiger partial charge in [-0.3, -0.25) is 9.59 Å². The Morgan fingerprint density at radius 2 is 1.95 bits per heavy atom. The van der Waals surface area contributed by atoms with Crippen molar-refractivity contribution in [2.75, 3.05) is 33.5 Å². The monoisotopic (exact) mass is 290 g/mol. The Labute approximate surface area is 119 Å². The molecule has 0 bridgehead atoms. The van der Waals surface area contributed by atoms with E-state index in [0.29, 0.717) is 52.0 Å². The van der Waals surface area contributed by atoms with Crippen LogP contribution in [0.2, 0.25) is 0 Å². The Morgan fingerprint density at radius 1 is 1.20 bits per heavy atom. The first-order valence-corrected chi connectivity index (χ1v) is 6.89. The van der Waals surface area contributed by atoms with Crippen LogP contribution in [0.25, 0.3) is 0 Å². The molecular weight excluding hydrogens is 264 g/mol. The first-order chi connectivity index (χ1) is 9.57. The molecule has 7 heteroatoms. The normalized spacial score (nSPS) is 12.1. The summed E-state index contributed by atoms with van der Waals surface area (Å²) in [6.07, 6.45) is 2.96. The molecule has 20 heavy (non-hydrogen) atoms. The zero-order chi connectivity index (χ0) is 15.2. The second-order valence-corrected chi connectivity index (χ2v) is 4.50. The number of rotatable bonds is 13. The predicted molar refractivity (Wildman–Crippen MR) is 74.4 cm³/mol. The summed E-state index contributed by atoms with van der Waals surface area (Å²) < 4.78 is 10.1. The topological polar surface area (TPSA) is 111 Å². The predicted octanol–water partition coefficient (Wildman–Crippen LogP) is 0.128. The van der Waals surface area contributed by atoms with Gasteiger partial charge in [0.2, 0.25) is 5.91 Å². The van der Waals surface area contributed by atoms with E-state index in [1.807, 2.05) is 0 Å². The van der Waals surface area contributed by atoms with E-state index in [2.05, 4.69) is 5.32 Å². The fraction of sp³-hybridized carbons (Fsp3) is 0.846. The molecule has 0 spiro atoms. The zero-order valence-electron chi connectivity index (χ0n) is 12.1. The summed E-state index contributed by atoms with van der Waals surface area (Å²) in [5.74, 6) is -0.995. The van der Waals surface area contributed by atoms with Crippen LogP contribution in [-0.2, 0) is 19.1 Å². The maximum atomic E-state index is 11.4. The van der Waals surface area contributed by atoms with Gasteiger partial charge in [-0.2, -0.15) is 0 Å². The standard InChI is InChI=1S/C13H26N2O5/c1-19-9-10-20-8-4-6-12(16)15-7-3-2-5-11(14)13(17)18/h11H,2-10,14H2,1H3,(H,15,16)(H,17,18)/t11-/m0/s1. The fourth-order valence-electron chi connectivity index (χ4n) is 1.51. The smallest absolute Gasteiger partial charge is 0.320 e. The molecular formula is C13H26N2O5. The lowest BCUT2D eigenvalue weighted by molar-refractivity contribution is -0.138. The van der Waals surface area contributed by atoms with Crippen LogP contribution in [0.15, 0.2) is 0 Å². The van der Waals surface area contributed by atoms with Gasteiger partial charge >= 0.3 is 5.97 Å². The Bertz CT molecular complexity index is 273. The van der Waals surface area contributed by atoms with Crippen molar-refractivity contribution in [3.05, 3.63) is 0 Å². The van der Waals surface area contributed by atoms with Crippen LogP contribution < -0.4 is 11.1 Å². The highest BCUT2D eigenvalue weighted by atomic mass is 16.5. The fourth-order valence-corrected chi connectivity index (χ4v) is 1.51. The van der Waals surface area contributed by atoms with Crippen LogP contribution in [0.1, 0.15) is 32.1 Å². The lowest BCUT2D eigenvalue weighted by atomic mass is 10.1. The van der Waals surface area contributed by atoms with Crippen molar-refractivity contribution >= 4 is 11.9 Å². The molecule has 7 nitrogen and oxygen atoms in total. The highest BCUT2D eigenvalue weighted by Gasteiger charge is 2.10. The molecule has 1 atom stereocenters. The van der Waals surface area contributed by atoms with E-state index in [0.717, 1.165) is 6.42 Å². The lowest BCUT2D eigenvalue weighted by Crippen LogP contribution is -2.30. The minimum atomic E-state index is -0.984. The van der Waals surface area contributed by atoms with Crippen LogP contribution in [0.5, 0.6) is 0 Å². The molecule has 4 N–H and O–H groups in total. The van der Waals surface area contributed by atoms with E-state index < -0.39 is 12.0 Å². The van der Waals surface area contributed by atoms with Gasteiger partial charge in [0.15, 0.2) is 0 Å². The van der Waals surface area contributed by atoms with E-state index in [1.54, 1.807) is 7.11 Å².